The lowest BCUT2D eigenvalue weighted by atomic mass is 10.1. The molecule has 1 aromatic heterocycles. The number of urea groups is 1. The van der Waals surface area contributed by atoms with Crippen LogP contribution < -0.4 is 0 Å². The Morgan fingerprint density at radius 2 is 1.63 bits per heavy atom. The van der Waals surface area contributed by atoms with Crippen molar-refractivity contribution in [1.29, 1.82) is 0 Å². The second-order valence-electron chi connectivity index (χ2n) is 6.37. The van der Waals surface area contributed by atoms with Gasteiger partial charge in [-0.1, -0.05) is 65.8 Å². The van der Waals surface area contributed by atoms with Crippen molar-refractivity contribution in [2.45, 2.75) is 26.1 Å². The monoisotopic (exact) mass is 362 g/mol. The van der Waals surface area contributed by atoms with Gasteiger partial charge in [-0.3, -0.25) is 9.69 Å². The molecule has 1 fully saturated rings. The highest BCUT2D eigenvalue weighted by Crippen LogP contribution is 2.33. The molecule has 7 nitrogen and oxygen atoms in total. The number of carbonyl (C=O) groups is 2. The first-order valence-electron chi connectivity index (χ1n) is 8.63. The Morgan fingerprint density at radius 1 is 0.963 bits per heavy atom. The van der Waals surface area contributed by atoms with E-state index < -0.39 is 6.04 Å². The molecule has 2 heterocycles. The van der Waals surface area contributed by atoms with Gasteiger partial charge in [0.1, 0.15) is 12.6 Å². The van der Waals surface area contributed by atoms with E-state index in [1.165, 1.54) is 4.90 Å². The van der Waals surface area contributed by atoms with E-state index in [2.05, 4.69) is 10.1 Å². The summed E-state index contributed by atoms with van der Waals surface area (Å²) in [7, 11) is 0. The number of aromatic nitrogens is 2. The van der Waals surface area contributed by atoms with E-state index in [1.807, 2.05) is 60.7 Å². The second kappa shape index (κ2) is 7.03. The zero-order valence-corrected chi connectivity index (χ0v) is 14.8. The highest BCUT2D eigenvalue weighted by Gasteiger charge is 2.46. The smallest absolute Gasteiger partial charge is 0.328 e. The third-order valence-electron chi connectivity index (χ3n) is 4.46. The molecule has 4 rings (SSSR count). The van der Waals surface area contributed by atoms with Crippen LogP contribution in [0.5, 0.6) is 0 Å². The maximum atomic E-state index is 13.1. The van der Waals surface area contributed by atoms with Gasteiger partial charge in [0.25, 0.3) is 5.91 Å². The molecule has 3 amide bonds. The Labute approximate surface area is 156 Å². The van der Waals surface area contributed by atoms with Crippen LogP contribution in [0, 0.1) is 6.92 Å². The average molecular weight is 362 g/mol. The van der Waals surface area contributed by atoms with E-state index in [-0.39, 0.29) is 24.4 Å². The van der Waals surface area contributed by atoms with Gasteiger partial charge in [-0.15, -0.1) is 0 Å². The van der Waals surface area contributed by atoms with Gasteiger partial charge in [0.05, 0.1) is 0 Å². The van der Waals surface area contributed by atoms with Gasteiger partial charge in [-0.2, -0.15) is 4.98 Å². The minimum atomic E-state index is -0.678. The van der Waals surface area contributed by atoms with Crippen molar-refractivity contribution in [2.75, 3.05) is 0 Å². The fourth-order valence-electron chi connectivity index (χ4n) is 3.22. The molecule has 1 saturated heterocycles. The predicted octanol–water partition coefficient (Wildman–Crippen LogP) is 3.08. The fourth-order valence-corrected chi connectivity index (χ4v) is 3.22. The van der Waals surface area contributed by atoms with E-state index in [1.54, 1.807) is 11.8 Å². The van der Waals surface area contributed by atoms with Gasteiger partial charge in [-0.25, -0.2) is 4.79 Å². The summed E-state index contributed by atoms with van der Waals surface area (Å²) in [6.07, 6.45) is 0. The third-order valence-corrected chi connectivity index (χ3v) is 4.46. The van der Waals surface area contributed by atoms with E-state index in [0.717, 1.165) is 11.1 Å². The normalized spacial score (nSPS) is 17.0. The molecule has 1 aliphatic heterocycles. The average Bonchev–Trinajstić information content (AvgIpc) is 3.20. The van der Waals surface area contributed by atoms with Gasteiger partial charge in [0, 0.05) is 6.54 Å². The molecule has 27 heavy (non-hydrogen) atoms. The summed E-state index contributed by atoms with van der Waals surface area (Å²) < 4.78 is 5.09. The van der Waals surface area contributed by atoms with Crippen molar-refractivity contribution in [1.82, 2.24) is 19.9 Å². The quantitative estimate of drug-likeness (QED) is 0.652. The minimum absolute atomic E-state index is 0.0346. The highest BCUT2D eigenvalue weighted by molar-refractivity contribution is 6.04. The molecule has 0 N–H and O–H groups in total. The first kappa shape index (κ1) is 17.0. The van der Waals surface area contributed by atoms with Gasteiger partial charge in [-0.05, 0) is 18.1 Å². The minimum Gasteiger partial charge on any atom is -0.337 e. The number of rotatable bonds is 5. The van der Waals surface area contributed by atoms with Gasteiger partial charge < -0.3 is 9.42 Å². The molecule has 0 radical (unpaired) electrons. The van der Waals surface area contributed by atoms with Gasteiger partial charge in [0.2, 0.25) is 5.89 Å². The summed E-state index contributed by atoms with van der Waals surface area (Å²) in [4.78, 5) is 33.0. The number of benzene rings is 2. The summed E-state index contributed by atoms with van der Waals surface area (Å²) in [5, 5.41) is 3.72. The molecule has 0 saturated carbocycles. The zero-order chi connectivity index (χ0) is 18.8. The summed E-state index contributed by atoms with van der Waals surface area (Å²) in [6, 6.07) is 17.9. The molecule has 0 aliphatic carbocycles. The molecule has 7 heteroatoms. The Hall–Kier alpha value is -3.48. The van der Waals surface area contributed by atoms with E-state index in [9.17, 15) is 9.59 Å². The summed E-state index contributed by atoms with van der Waals surface area (Å²) in [5.41, 5.74) is 1.73. The van der Waals surface area contributed by atoms with Crippen LogP contribution in [0.4, 0.5) is 4.79 Å². The van der Waals surface area contributed by atoms with Gasteiger partial charge >= 0.3 is 6.03 Å². The molecule has 2 aromatic carbocycles. The molecule has 0 spiro atoms. The van der Waals surface area contributed by atoms with Crippen LogP contribution in [0.15, 0.2) is 65.2 Å². The lowest BCUT2D eigenvalue weighted by molar-refractivity contribution is -0.129. The second-order valence-corrected chi connectivity index (χ2v) is 6.37. The van der Waals surface area contributed by atoms with Gasteiger partial charge in [0.15, 0.2) is 5.82 Å². The van der Waals surface area contributed by atoms with Crippen molar-refractivity contribution in [2.24, 2.45) is 0 Å². The van der Waals surface area contributed by atoms with E-state index in [4.69, 9.17) is 4.52 Å². The molecule has 1 aliphatic rings. The first-order valence-corrected chi connectivity index (χ1v) is 8.63. The van der Waals surface area contributed by atoms with E-state index in [0.29, 0.717) is 12.4 Å². The Kier molecular flexibility index (Phi) is 4.42. The van der Waals surface area contributed by atoms with Crippen LogP contribution in [0.2, 0.25) is 0 Å². The zero-order valence-electron chi connectivity index (χ0n) is 14.8. The molecular weight excluding hydrogens is 344 g/mol. The number of carbonyl (C=O) groups excluding carboxylic acids is 2. The van der Waals surface area contributed by atoms with Crippen LogP contribution in [0.1, 0.15) is 28.9 Å². The molecule has 136 valence electrons. The summed E-state index contributed by atoms with van der Waals surface area (Å²) in [5.74, 6) is 0.408. The van der Waals surface area contributed by atoms with Crippen LogP contribution in [-0.4, -0.2) is 31.9 Å². The van der Waals surface area contributed by atoms with Crippen molar-refractivity contribution < 1.29 is 14.1 Å². The maximum Gasteiger partial charge on any atom is 0.328 e. The number of imide groups is 1. The largest absolute Gasteiger partial charge is 0.337 e. The Bertz CT molecular complexity index is 956. The van der Waals surface area contributed by atoms with Crippen molar-refractivity contribution in [3.05, 3.63) is 83.5 Å². The lowest BCUT2D eigenvalue weighted by Crippen LogP contribution is -2.32. The van der Waals surface area contributed by atoms with Crippen molar-refractivity contribution in [3.8, 4) is 0 Å². The summed E-state index contributed by atoms with van der Waals surface area (Å²) in [6.45, 7) is 1.99. The predicted molar refractivity (Wildman–Crippen MR) is 96.1 cm³/mol. The molecule has 1 atom stereocenters. The van der Waals surface area contributed by atoms with Crippen LogP contribution in [-0.2, 0) is 17.9 Å². The number of amides is 3. The standard InChI is InChI=1S/C20H18N4O3/c1-14-21-17(27-22-14)13-24-19(25)18(16-10-6-3-7-11-16)23(20(24)26)12-15-8-4-2-5-9-15/h2-11,18H,12-13H2,1H3/t18-/m1/s1. The van der Waals surface area contributed by atoms with Crippen LogP contribution in [0.25, 0.3) is 0 Å². The number of aryl methyl sites for hydroxylation is 1. The third kappa shape index (κ3) is 3.31. The number of nitrogens with zero attached hydrogens (tertiary/aromatic N) is 4. The van der Waals surface area contributed by atoms with E-state index >= 15 is 0 Å². The summed E-state index contributed by atoms with van der Waals surface area (Å²) >= 11 is 0. The highest BCUT2D eigenvalue weighted by atomic mass is 16.5. The topological polar surface area (TPSA) is 79.5 Å². The van der Waals surface area contributed by atoms with Crippen molar-refractivity contribution >= 4 is 11.9 Å². The van der Waals surface area contributed by atoms with Crippen LogP contribution in [0.3, 0.4) is 0 Å². The maximum absolute atomic E-state index is 13.1. The molecule has 3 aromatic rings. The fraction of sp³-hybridized carbons (Fsp3) is 0.200. The molecule has 0 bridgehead atoms. The Morgan fingerprint density at radius 3 is 2.26 bits per heavy atom. The van der Waals surface area contributed by atoms with Crippen LogP contribution >= 0.6 is 0 Å². The number of hydrogen-bond donors (Lipinski definition) is 0. The molecule has 0 unspecified atom stereocenters. The number of hydrogen-bond acceptors (Lipinski definition) is 5. The lowest BCUT2D eigenvalue weighted by Gasteiger charge is -2.22. The molecular formula is C20H18N4O3. The SMILES string of the molecule is Cc1noc(CN2C(=O)[C@@H](c3ccccc3)N(Cc3ccccc3)C2=O)n1. The Balaban J connectivity index is 1.67. The first-order chi connectivity index (χ1) is 13.1. The van der Waals surface area contributed by atoms with Crippen molar-refractivity contribution in [3.63, 3.8) is 0 Å².